The summed E-state index contributed by atoms with van der Waals surface area (Å²) in [4.78, 5) is 0. The molecule has 0 radical (unpaired) electrons. The van der Waals surface area contributed by atoms with E-state index in [-0.39, 0.29) is 0 Å². The van der Waals surface area contributed by atoms with Gasteiger partial charge in [0.1, 0.15) is 0 Å². The number of nitrogens with one attached hydrogen (secondary N) is 1. The average molecular weight is 229 g/mol. The van der Waals surface area contributed by atoms with E-state index in [9.17, 15) is 0 Å². The number of H-pyrrole nitrogens is 1. The van der Waals surface area contributed by atoms with Crippen LogP contribution in [0.15, 0.2) is 24.3 Å². The molecule has 0 atom stereocenters. The highest BCUT2D eigenvalue weighted by Gasteiger charge is 2.01. The third kappa shape index (κ3) is 1.59. The Morgan fingerprint density at radius 1 is 1.19 bits per heavy atom. The molecule has 2 heterocycles. The minimum atomic E-state index is 0.608. The second-order valence-corrected chi connectivity index (χ2v) is 3.71. The number of hydrogen-bond donors (Lipinski definition) is 1. The molecule has 0 spiro atoms. The zero-order valence-electron chi connectivity index (χ0n) is 8.16. The van der Waals surface area contributed by atoms with Crippen molar-refractivity contribution in [2.75, 3.05) is 0 Å². The Balaban J connectivity index is 2.01. The Kier molecular flexibility index (Phi) is 2.19. The van der Waals surface area contributed by atoms with Crippen molar-refractivity contribution in [1.82, 2.24) is 24.2 Å². The highest BCUT2D eigenvalue weighted by atomic mass is 32.1. The van der Waals surface area contributed by atoms with Crippen LogP contribution in [0.5, 0.6) is 0 Å². The molecular weight excluding hydrogens is 222 g/mol. The van der Waals surface area contributed by atoms with E-state index in [2.05, 4.69) is 24.2 Å². The second-order valence-electron chi connectivity index (χ2n) is 3.20. The molecule has 0 bridgehead atoms. The van der Waals surface area contributed by atoms with E-state index in [1.807, 2.05) is 30.3 Å². The Morgan fingerprint density at radius 2 is 2.12 bits per heavy atom. The SMILES string of the molecule is C(=Cc1n[nH]c2ccccc12)c1nnsn1. The van der Waals surface area contributed by atoms with E-state index < -0.39 is 0 Å². The third-order valence-electron chi connectivity index (χ3n) is 2.20. The second kappa shape index (κ2) is 3.82. The molecule has 3 aromatic rings. The van der Waals surface area contributed by atoms with Gasteiger partial charge < -0.3 is 0 Å². The quantitative estimate of drug-likeness (QED) is 0.729. The molecule has 6 heteroatoms. The van der Waals surface area contributed by atoms with Crippen LogP contribution < -0.4 is 0 Å². The van der Waals surface area contributed by atoms with E-state index in [1.54, 1.807) is 6.08 Å². The van der Waals surface area contributed by atoms with Crippen LogP contribution in [0.25, 0.3) is 23.1 Å². The largest absolute Gasteiger partial charge is 0.277 e. The van der Waals surface area contributed by atoms with Crippen LogP contribution in [0, 0.1) is 0 Å². The average Bonchev–Trinajstić information content (AvgIpc) is 2.96. The van der Waals surface area contributed by atoms with Gasteiger partial charge in [0, 0.05) is 5.39 Å². The molecule has 0 amide bonds. The highest BCUT2D eigenvalue weighted by molar-refractivity contribution is 6.98. The van der Waals surface area contributed by atoms with Crippen LogP contribution in [0.4, 0.5) is 0 Å². The third-order valence-corrected chi connectivity index (χ3v) is 2.63. The summed E-state index contributed by atoms with van der Waals surface area (Å²) in [5.41, 5.74) is 1.90. The van der Waals surface area contributed by atoms with Gasteiger partial charge in [0.25, 0.3) is 0 Å². The van der Waals surface area contributed by atoms with Gasteiger partial charge >= 0.3 is 0 Å². The number of hydrogen-bond acceptors (Lipinski definition) is 5. The lowest BCUT2D eigenvalue weighted by atomic mass is 10.2. The van der Waals surface area contributed by atoms with Crippen molar-refractivity contribution in [1.29, 1.82) is 0 Å². The monoisotopic (exact) mass is 229 g/mol. The first-order chi connectivity index (χ1) is 7.93. The highest BCUT2D eigenvalue weighted by Crippen LogP contribution is 2.16. The van der Waals surface area contributed by atoms with Crippen molar-refractivity contribution in [3.63, 3.8) is 0 Å². The van der Waals surface area contributed by atoms with E-state index in [0.29, 0.717) is 5.82 Å². The Hall–Kier alpha value is -2.08. The molecule has 0 fully saturated rings. The lowest BCUT2D eigenvalue weighted by Gasteiger charge is -1.87. The normalized spacial score (nSPS) is 11.5. The van der Waals surface area contributed by atoms with Gasteiger partial charge in [-0.1, -0.05) is 22.7 Å². The molecule has 2 aromatic heterocycles. The molecule has 16 heavy (non-hydrogen) atoms. The van der Waals surface area contributed by atoms with Crippen LogP contribution in [0.2, 0.25) is 0 Å². The standard InChI is InChI=1S/C10H7N5S/c1-2-4-8-7(3-1)9(12-11-8)5-6-10-13-15-16-14-10/h1-6H,(H,11,12). The number of nitrogens with zero attached hydrogens (tertiary/aromatic N) is 4. The number of rotatable bonds is 2. The number of para-hydroxylation sites is 1. The summed E-state index contributed by atoms with van der Waals surface area (Å²) in [6, 6.07) is 7.96. The minimum Gasteiger partial charge on any atom is -0.277 e. The predicted octanol–water partition coefficient (Wildman–Crippen LogP) is 1.98. The molecule has 0 unspecified atom stereocenters. The maximum Gasteiger partial charge on any atom is 0.189 e. The predicted molar refractivity (Wildman–Crippen MR) is 62.7 cm³/mol. The van der Waals surface area contributed by atoms with Crippen molar-refractivity contribution in [2.24, 2.45) is 0 Å². The lowest BCUT2D eigenvalue weighted by molar-refractivity contribution is 1.10. The van der Waals surface area contributed by atoms with Gasteiger partial charge in [0.2, 0.25) is 0 Å². The summed E-state index contributed by atoms with van der Waals surface area (Å²) >= 11 is 1.09. The zero-order chi connectivity index (χ0) is 10.8. The molecule has 78 valence electrons. The zero-order valence-corrected chi connectivity index (χ0v) is 8.98. The van der Waals surface area contributed by atoms with Crippen molar-refractivity contribution in [2.45, 2.75) is 0 Å². The van der Waals surface area contributed by atoms with Crippen LogP contribution in [-0.2, 0) is 0 Å². The van der Waals surface area contributed by atoms with Crippen LogP contribution in [0.3, 0.4) is 0 Å². The maximum atomic E-state index is 4.21. The molecule has 1 N–H and O–H groups in total. The van der Waals surface area contributed by atoms with Crippen molar-refractivity contribution >= 4 is 34.8 Å². The van der Waals surface area contributed by atoms with Gasteiger partial charge in [0.05, 0.1) is 22.9 Å². The Morgan fingerprint density at radius 3 is 3.00 bits per heavy atom. The topological polar surface area (TPSA) is 67.3 Å². The molecule has 0 saturated carbocycles. The van der Waals surface area contributed by atoms with Crippen LogP contribution in [0.1, 0.15) is 11.5 Å². The number of benzene rings is 1. The fourth-order valence-electron chi connectivity index (χ4n) is 1.47. The molecule has 3 rings (SSSR count). The van der Waals surface area contributed by atoms with Gasteiger partial charge in [-0.25, -0.2) is 0 Å². The van der Waals surface area contributed by atoms with Crippen LogP contribution in [-0.4, -0.2) is 24.2 Å². The van der Waals surface area contributed by atoms with Crippen molar-refractivity contribution in [3.05, 3.63) is 35.8 Å². The van der Waals surface area contributed by atoms with E-state index in [1.165, 1.54) is 0 Å². The molecule has 5 nitrogen and oxygen atoms in total. The van der Waals surface area contributed by atoms with Gasteiger partial charge in [0.15, 0.2) is 5.82 Å². The van der Waals surface area contributed by atoms with E-state index >= 15 is 0 Å². The fraction of sp³-hybridized carbons (Fsp3) is 0. The van der Waals surface area contributed by atoms with Crippen LogP contribution >= 0.6 is 11.7 Å². The molecule has 0 saturated heterocycles. The summed E-state index contributed by atoms with van der Waals surface area (Å²) in [5.74, 6) is 0.608. The molecule has 0 aliphatic rings. The van der Waals surface area contributed by atoms with E-state index in [4.69, 9.17) is 0 Å². The maximum absolute atomic E-state index is 4.21. The smallest absolute Gasteiger partial charge is 0.189 e. The first kappa shape index (κ1) is 9.17. The first-order valence-electron chi connectivity index (χ1n) is 4.70. The summed E-state index contributed by atoms with van der Waals surface area (Å²) in [6.07, 6.45) is 3.68. The van der Waals surface area contributed by atoms with Gasteiger partial charge in [-0.05, 0) is 18.2 Å². The lowest BCUT2D eigenvalue weighted by Crippen LogP contribution is -1.76. The van der Waals surface area contributed by atoms with Gasteiger partial charge in [-0.2, -0.15) is 9.47 Å². The first-order valence-corrected chi connectivity index (χ1v) is 5.43. The Bertz CT molecular complexity index is 626. The fourth-order valence-corrected chi connectivity index (χ4v) is 1.81. The number of fused-ring (bicyclic) bond motifs is 1. The minimum absolute atomic E-state index is 0.608. The molecular formula is C10H7N5S. The summed E-state index contributed by atoms with van der Waals surface area (Å²) in [7, 11) is 0. The molecule has 1 aromatic carbocycles. The molecule has 0 aliphatic heterocycles. The molecule has 0 aliphatic carbocycles. The summed E-state index contributed by atoms with van der Waals surface area (Å²) < 4.78 is 7.68. The Labute approximate surface area is 95.2 Å². The van der Waals surface area contributed by atoms with E-state index in [0.717, 1.165) is 28.3 Å². The van der Waals surface area contributed by atoms with Gasteiger partial charge in [-0.15, -0.1) is 5.10 Å². The van der Waals surface area contributed by atoms with Gasteiger partial charge in [-0.3, -0.25) is 5.10 Å². The summed E-state index contributed by atoms with van der Waals surface area (Å²) in [6.45, 7) is 0. The number of aromatic amines is 1. The van der Waals surface area contributed by atoms with Crippen molar-refractivity contribution < 1.29 is 0 Å². The number of aromatic nitrogens is 5. The summed E-state index contributed by atoms with van der Waals surface area (Å²) in [5, 5.41) is 12.1. The van der Waals surface area contributed by atoms with Crippen molar-refractivity contribution in [3.8, 4) is 0 Å².